The number of amides is 2. The number of unbranched alkanes of at least 4 members (excludes halogenated alkanes) is 1. The van der Waals surface area contributed by atoms with Crippen molar-refractivity contribution in [2.24, 2.45) is 0 Å². The number of carbonyl (C=O) groups is 1. The van der Waals surface area contributed by atoms with Gasteiger partial charge in [-0.05, 0) is 24.1 Å². The maximum absolute atomic E-state index is 11.4. The maximum atomic E-state index is 11.4. The standard InChI is InChI=1S/C14H23N3O/c1-4-5-10-15-14(18)16-11-12-6-8-13(9-7-12)17(2)3/h6-9H,4-5,10-11H2,1-3H3,(H2,15,16,18). The van der Waals surface area contributed by atoms with Gasteiger partial charge in [0.15, 0.2) is 0 Å². The zero-order valence-electron chi connectivity index (χ0n) is 11.5. The first-order valence-corrected chi connectivity index (χ1v) is 6.41. The summed E-state index contributed by atoms with van der Waals surface area (Å²) in [6.45, 7) is 3.40. The zero-order chi connectivity index (χ0) is 13.4. The number of nitrogens with zero attached hydrogens (tertiary/aromatic N) is 1. The molecule has 0 heterocycles. The quantitative estimate of drug-likeness (QED) is 0.760. The first-order valence-electron chi connectivity index (χ1n) is 6.41. The Morgan fingerprint density at radius 2 is 1.83 bits per heavy atom. The molecule has 2 N–H and O–H groups in total. The van der Waals surface area contributed by atoms with Crippen molar-refractivity contribution in [3.05, 3.63) is 29.8 Å². The van der Waals surface area contributed by atoms with Gasteiger partial charge in [-0.15, -0.1) is 0 Å². The minimum atomic E-state index is -0.0971. The van der Waals surface area contributed by atoms with Gasteiger partial charge in [0.25, 0.3) is 0 Å². The topological polar surface area (TPSA) is 44.4 Å². The Labute approximate surface area is 109 Å². The molecule has 0 saturated heterocycles. The van der Waals surface area contributed by atoms with Crippen LogP contribution in [0.15, 0.2) is 24.3 Å². The van der Waals surface area contributed by atoms with Crippen LogP contribution in [0.5, 0.6) is 0 Å². The van der Waals surface area contributed by atoms with E-state index in [1.165, 1.54) is 0 Å². The van der Waals surface area contributed by atoms with E-state index in [2.05, 4.69) is 22.5 Å². The van der Waals surface area contributed by atoms with Crippen molar-refractivity contribution in [1.29, 1.82) is 0 Å². The number of urea groups is 1. The molecule has 1 rings (SSSR count). The molecule has 0 unspecified atom stereocenters. The van der Waals surface area contributed by atoms with E-state index in [1.54, 1.807) is 0 Å². The Morgan fingerprint density at radius 1 is 1.17 bits per heavy atom. The zero-order valence-corrected chi connectivity index (χ0v) is 11.5. The van der Waals surface area contributed by atoms with E-state index in [9.17, 15) is 4.79 Å². The average Bonchev–Trinajstić information content (AvgIpc) is 2.37. The number of hydrogen-bond donors (Lipinski definition) is 2. The normalized spacial score (nSPS) is 9.94. The summed E-state index contributed by atoms with van der Waals surface area (Å²) in [6, 6.07) is 8.06. The molecule has 0 fully saturated rings. The van der Waals surface area contributed by atoms with Crippen LogP contribution in [0.1, 0.15) is 25.3 Å². The highest BCUT2D eigenvalue weighted by molar-refractivity contribution is 5.73. The fourth-order valence-corrected chi connectivity index (χ4v) is 1.54. The van der Waals surface area contributed by atoms with Crippen molar-refractivity contribution in [2.45, 2.75) is 26.3 Å². The van der Waals surface area contributed by atoms with Gasteiger partial charge in [-0.1, -0.05) is 25.5 Å². The van der Waals surface area contributed by atoms with Gasteiger partial charge in [-0.3, -0.25) is 0 Å². The second kappa shape index (κ2) is 7.58. The lowest BCUT2D eigenvalue weighted by Crippen LogP contribution is -2.35. The predicted molar refractivity (Wildman–Crippen MR) is 75.9 cm³/mol. The van der Waals surface area contributed by atoms with E-state index < -0.39 is 0 Å². The molecule has 0 aromatic heterocycles. The molecule has 2 amide bonds. The number of rotatable bonds is 6. The minimum Gasteiger partial charge on any atom is -0.378 e. The molecule has 0 atom stereocenters. The molecule has 0 aliphatic heterocycles. The summed E-state index contributed by atoms with van der Waals surface area (Å²) in [5.41, 5.74) is 2.26. The van der Waals surface area contributed by atoms with Crippen LogP contribution in [-0.4, -0.2) is 26.7 Å². The molecular weight excluding hydrogens is 226 g/mol. The molecule has 4 nitrogen and oxygen atoms in total. The first-order chi connectivity index (χ1) is 8.63. The summed E-state index contributed by atoms with van der Waals surface area (Å²) >= 11 is 0. The number of carbonyl (C=O) groups excluding carboxylic acids is 1. The van der Waals surface area contributed by atoms with E-state index in [-0.39, 0.29) is 6.03 Å². The van der Waals surface area contributed by atoms with Crippen LogP contribution >= 0.6 is 0 Å². The number of nitrogens with one attached hydrogen (secondary N) is 2. The van der Waals surface area contributed by atoms with Crippen molar-refractivity contribution in [1.82, 2.24) is 10.6 Å². The van der Waals surface area contributed by atoms with Crippen molar-refractivity contribution in [3.8, 4) is 0 Å². The number of benzene rings is 1. The molecule has 0 saturated carbocycles. The highest BCUT2D eigenvalue weighted by atomic mass is 16.2. The third-order valence-electron chi connectivity index (χ3n) is 2.72. The van der Waals surface area contributed by atoms with Gasteiger partial charge in [0.1, 0.15) is 0 Å². The molecule has 1 aromatic rings. The number of anilines is 1. The highest BCUT2D eigenvalue weighted by Crippen LogP contribution is 2.11. The smallest absolute Gasteiger partial charge is 0.315 e. The van der Waals surface area contributed by atoms with Crippen LogP contribution in [0.4, 0.5) is 10.5 Å². The van der Waals surface area contributed by atoms with Crippen LogP contribution in [0.25, 0.3) is 0 Å². The van der Waals surface area contributed by atoms with Crippen LogP contribution in [-0.2, 0) is 6.54 Å². The second-order valence-electron chi connectivity index (χ2n) is 4.52. The molecule has 0 bridgehead atoms. The lowest BCUT2D eigenvalue weighted by Gasteiger charge is -2.13. The largest absolute Gasteiger partial charge is 0.378 e. The predicted octanol–water partition coefficient (Wildman–Crippen LogP) is 2.35. The lowest BCUT2D eigenvalue weighted by atomic mass is 10.2. The van der Waals surface area contributed by atoms with Gasteiger partial charge >= 0.3 is 6.03 Å². The molecule has 0 aliphatic carbocycles. The van der Waals surface area contributed by atoms with Crippen LogP contribution in [0.2, 0.25) is 0 Å². The van der Waals surface area contributed by atoms with Crippen molar-refractivity contribution >= 4 is 11.7 Å². The van der Waals surface area contributed by atoms with Gasteiger partial charge in [-0.2, -0.15) is 0 Å². The summed E-state index contributed by atoms with van der Waals surface area (Å²) in [5, 5.41) is 5.67. The molecule has 0 spiro atoms. The van der Waals surface area contributed by atoms with Gasteiger partial charge in [-0.25, -0.2) is 4.79 Å². The molecule has 4 heteroatoms. The maximum Gasteiger partial charge on any atom is 0.315 e. The molecule has 1 aromatic carbocycles. The Hall–Kier alpha value is -1.71. The number of hydrogen-bond acceptors (Lipinski definition) is 2. The SMILES string of the molecule is CCCCNC(=O)NCc1ccc(N(C)C)cc1. The Bertz CT molecular complexity index is 360. The minimum absolute atomic E-state index is 0.0971. The third kappa shape index (κ3) is 5.08. The Morgan fingerprint density at radius 3 is 2.39 bits per heavy atom. The van der Waals surface area contributed by atoms with E-state index in [0.717, 1.165) is 30.6 Å². The third-order valence-corrected chi connectivity index (χ3v) is 2.72. The van der Waals surface area contributed by atoms with Gasteiger partial charge < -0.3 is 15.5 Å². The summed E-state index contributed by atoms with van der Waals surface area (Å²) in [5.74, 6) is 0. The van der Waals surface area contributed by atoms with Crippen LogP contribution in [0, 0.1) is 0 Å². The van der Waals surface area contributed by atoms with E-state index in [4.69, 9.17) is 0 Å². The van der Waals surface area contributed by atoms with Gasteiger partial charge in [0.2, 0.25) is 0 Å². The fourth-order valence-electron chi connectivity index (χ4n) is 1.54. The van der Waals surface area contributed by atoms with Crippen molar-refractivity contribution < 1.29 is 4.79 Å². The molecule has 0 aliphatic rings. The van der Waals surface area contributed by atoms with Gasteiger partial charge in [0.05, 0.1) is 0 Å². The summed E-state index contributed by atoms with van der Waals surface area (Å²) in [6.07, 6.45) is 2.11. The molecule has 100 valence electrons. The van der Waals surface area contributed by atoms with E-state index in [1.807, 2.05) is 38.4 Å². The Kier molecular flexibility index (Phi) is 6.05. The van der Waals surface area contributed by atoms with Gasteiger partial charge in [0, 0.05) is 32.9 Å². The average molecular weight is 249 g/mol. The molecule has 0 radical (unpaired) electrons. The van der Waals surface area contributed by atoms with Crippen molar-refractivity contribution in [2.75, 3.05) is 25.5 Å². The molecule has 18 heavy (non-hydrogen) atoms. The van der Waals surface area contributed by atoms with E-state index in [0.29, 0.717) is 6.54 Å². The lowest BCUT2D eigenvalue weighted by molar-refractivity contribution is 0.240. The summed E-state index contributed by atoms with van der Waals surface area (Å²) < 4.78 is 0. The second-order valence-corrected chi connectivity index (χ2v) is 4.52. The summed E-state index contributed by atoms with van der Waals surface area (Å²) in [7, 11) is 4.02. The van der Waals surface area contributed by atoms with Crippen molar-refractivity contribution in [3.63, 3.8) is 0 Å². The Balaban J connectivity index is 2.32. The van der Waals surface area contributed by atoms with Crippen LogP contribution in [0.3, 0.4) is 0 Å². The van der Waals surface area contributed by atoms with E-state index >= 15 is 0 Å². The first kappa shape index (κ1) is 14.4. The molecular formula is C14H23N3O. The summed E-state index contributed by atoms with van der Waals surface area (Å²) in [4.78, 5) is 13.5. The monoisotopic (exact) mass is 249 g/mol. The van der Waals surface area contributed by atoms with Crippen LogP contribution < -0.4 is 15.5 Å². The highest BCUT2D eigenvalue weighted by Gasteiger charge is 2.00. The fraction of sp³-hybridized carbons (Fsp3) is 0.500.